The number of hydrogen-bond donors (Lipinski definition) is 6. The highest BCUT2D eigenvalue weighted by Gasteiger charge is 2.21. The van der Waals surface area contributed by atoms with Gasteiger partial charge in [-0.25, -0.2) is 19.2 Å². The van der Waals surface area contributed by atoms with Crippen molar-refractivity contribution >= 4 is 40.7 Å². The van der Waals surface area contributed by atoms with E-state index >= 15 is 0 Å². The maximum Gasteiger partial charge on any atom is 0.414 e. The molecule has 0 spiro atoms. The van der Waals surface area contributed by atoms with Gasteiger partial charge >= 0.3 is 23.9 Å². The fourth-order valence-electron chi connectivity index (χ4n) is 4.02. The van der Waals surface area contributed by atoms with Gasteiger partial charge in [0.05, 0.1) is 18.7 Å². The van der Waals surface area contributed by atoms with Gasteiger partial charge in [-0.1, -0.05) is 6.07 Å². The Balaban J connectivity index is 0.000000477. The molecule has 1 fully saturated rings. The lowest BCUT2D eigenvalue weighted by atomic mass is 10.0. The average Bonchev–Trinajstić information content (AvgIpc) is 3.02. The van der Waals surface area contributed by atoms with Crippen LogP contribution in [-0.2, 0) is 19.2 Å². The molecule has 2 aromatic heterocycles. The van der Waals surface area contributed by atoms with Crippen LogP contribution in [0.2, 0.25) is 0 Å². The number of benzene rings is 1. The molecule has 16 heteroatoms. The van der Waals surface area contributed by atoms with Gasteiger partial charge in [0.25, 0.3) is 5.91 Å². The highest BCUT2D eigenvalue weighted by Crippen LogP contribution is 2.27. The van der Waals surface area contributed by atoms with E-state index in [1.54, 1.807) is 37.7 Å². The van der Waals surface area contributed by atoms with Crippen molar-refractivity contribution in [2.45, 2.75) is 6.10 Å². The summed E-state index contributed by atoms with van der Waals surface area (Å²) < 4.78 is 5.34. The number of aromatic nitrogens is 2. The molecule has 0 saturated carbocycles. The van der Waals surface area contributed by atoms with Crippen LogP contribution >= 0.6 is 0 Å². The van der Waals surface area contributed by atoms with Gasteiger partial charge in [-0.15, -0.1) is 0 Å². The van der Waals surface area contributed by atoms with Crippen LogP contribution in [0.15, 0.2) is 54.9 Å². The Morgan fingerprint density at radius 1 is 0.841 bits per heavy atom. The molecule has 16 nitrogen and oxygen atoms in total. The smallest absolute Gasteiger partial charge is 0.414 e. The lowest BCUT2D eigenvalue weighted by Crippen LogP contribution is -2.49. The SMILES string of the molecule is COc1ccc2nccc([C@@H](O)CN3CCN(CCNC(=O)c4ccccn4)CC3)c2c1.O=C(O)C(=O)O.O=C(O)C(=O)O. The molecule has 1 aliphatic heterocycles. The van der Waals surface area contributed by atoms with Crippen molar-refractivity contribution in [3.63, 3.8) is 0 Å². The van der Waals surface area contributed by atoms with E-state index in [0.29, 0.717) is 18.8 Å². The predicted molar refractivity (Wildman–Crippen MR) is 153 cm³/mol. The number of carbonyl (C=O) groups is 5. The van der Waals surface area contributed by atoms with Gasteiger partial charge < -0.3 is 35.6 Å². The molecule has 0 unspecified atom stereocenters. The minimum atomic E-state index is -1.82. The number of carbonyl (C=O) groups excluding carboxylic acids is 1. The number of aliphatic hydroxyl groups is 1. The zero-order valence-electron chi connectivity index (χ0n) is 23.7. The van der Waals surface area contributed by atoms with Gasteiger partial charge in [-0.05, 0) is 42.0 Å². The van der Waals surface area contributed by atoms with Crippen LogP contribution in [-0.4, -0.2) is 128 Å². The first kappa shape index (κ1) is 35.0. The Morgan fingerprint density at radius 2 is 1.45 bits per heavy atom. The van der Waals surface area contributed by atoms with Crippen molar-refractivity contribution in [2.75, 3.05) is 52.9 Å². The van der Waals surface area contributed by atoms with Crippen molar-refractivity contribution in [1.29, 1.82) is 0 Å². The maximum absolute atomic E-state index is 12.1. The van der Waals surface area contributed by atoms with Crippen LogP contribution in [0, 0.1) is 0 Å². The first-order chi connectivity index (χ1) is 20.9. The molecule has 44 heavy (non-hydrogen) atoms. The molecule has 236 valence electrons. The summed E-state index contributed by atoms with van der Waals surface area (Å²) in [6.07, 6.45) is 2.76. The number of carboxylic acids is 4. The Labute approximate surface area is 251 Å². The third-order valence-corrected chi connectivity index (χ3v) is 6.21. The number of hydrogen-bond acceptors (Lipinski definition) is 11. The van der Waals surface area contributed by atoms with E-state index in [2.05, 4.69) is 25.1 Å². The molecule has 1 amide bonds. The van der Waals surface area contributed by atoms with E-state index in [1.165, 1.54) is 0 Å². The van der Waals surface area contributed by atoms with E-state index in [0.717, 1.165) is 54.9 Å². The number of aliphatic carboxylic acids is 4. The van der Waals surface area contributed by atoms with Crippen molar-refractivity contribution in [2.24, 2.45) is 0 Å². The summed E-state index contributed by atoms with van der Waals surface area (Å²) in [7, 11) is 1.64. The summed E-state index contributed by atoms with van der Waals surface area (Å²) in [6, 6.07) is 12.9. The van der Waals surface area contributed by atoms with Crippen LogP contribution in [0.3, 0.4) is 0 Å². The van der Waals surface area contributed by atoms with E-state index in [9.17, 15) is 9.90 Å². The molecule has 0 aliphatic carbocycles. The lowest BCUT2D eigenvalue weighted by Gasteiger charge is -2.35. The fraction of sp³-hybridized carbons (Fsp3) is 0.321. The van der Waals surface area contributed by atoms with Gasteiger partial charge in [0.1, 0.15) is 11.4 Å². The van der Waals surface area contributed by atoms with Crippen molar-refractivity contribution < 1.29 is 54.2 Å². The van der Waals surface area contributed by atoms with Crippen molar-refractivity contribution in [3.05, 3.63) is 66.1 Å². The van der Waals surface area contributed by atoms with Gasteiger partial charge in [-0.3, -0.25) is 24.6 Å². The summed E-state index contributed by atoms with van der Waals surface area (Å²) in [5, 5.41) is 44.3. The molecule has 4 rings (SSSR count). The Hall–Kier alpha value is -5.19. The van der Waals surface area contributed by atoms with E-state index in [4.69, 9.17) is 44.3 Å². The van der Waals surface area contributed by atoms with Crippen LogP contribution in [0.25, 0.3) is 10.9 Å². The van der Waals surface area contributed by atoms with Crippen LogP contribution < -0.4 is 10.1 Å². The zero-order valence-corrected chi connectivity index (χ0v) is 23.7. The van der Waals surface area contributed by atoms with Gasteiger partial charge in [0, 0.05) is 63.6 Å². The second-order valence-corrected chi connectivity index (χ2v) is 9.13. The number of ether oxygens (including phenoxy) is 1. The summed E-state index contributed by atoms with van der Waals surface area (Å²) in [5.41, 5.74) is 2.15. The normalized spacial score (nSPS) is 13.7. The number of piperazine rings is 1. The van der Waals surface area contributed by atoms with E-state index in [1.807, 2.05) is 24.3 Å². The monoisotopic (exact) mass is 615 g/mol. The number of nitrogens with one attached hydrogen (secondary N) is 1. The Bertz CT molecular complexity index is 1380. The molecule has 1 atom stereocenters. The topological polar surface area (TPSA) is 240 Å². The number of β-amino-alcohol motifs (C(OH)–C–C–N with tert-alkyl or cyclic N) is 1. The van der Waals surface area contributed by atoms with E-state index < -0.39 is 30.0 Å². The highest BCUT2D eigenvalue weighted by molar-refractivity contribution is 6.27. The molecule has 1 aromatic carbocycles. The molecule has 0 bridgehead atoms. The van der Waals surface area contributed by atoms with Crippen molar-refractivity contribution in [3.8, 4) is 5.75 Å². The quantitative estimate of drug-likeness (QED) is 0.183. The third kappa shape index (κ3) is 11.6. The Morgan fingerprint density at radius 3 is 2.00 bits per heavy atom. The maximum atomic E-state index is 12.1. The summed E-state index contributed by atoms with van der Waals surface area (Å²) in [5.74, 6) is -6.69. The average molecular weight is 616 g/mol. The largest absolute Gasteiger partial charge is 0.497 e. The number of fused-ring (bicyclic) bond motifs is 1. The third-order valence-electron chi connectivity index (χ3n) is 6.21. The molecular weight excluding hydrogens is 582 g/mol. The fourth-order valence-corrected chi connectivity index (χ4v) is 4.02. The molecule has 3 heterocycles. The van der Waals surface area contributed by atoms with Crippen molar-refractivity contribution in [1.82, 2.24) is 25.1 Å². The second kappa shape index (κ2) is 17.7. The minimum absolute atomic E-state index is 0.145. The number of amides is 1. The first-order valence-electron chi connectivity index (χ1n) is 13.1. The van der Waals surface area contributed by atoms with Crippen LogP contribution in [0.1, 0.15) is 22.2 Å². The standard InChI is InChI=1S/C24H29N5O3.2C2H2O4/c1-32-18-5-6-21-20(16-18)19(7-9-26-21)23(30)17-29-14-12-28(13-15-29)11-10-27-24(31)22-4-2-3-8-25-22;2*3-1(4)2(5)6/h2-9,16,23,30H,10-15,17H2,1H3,(H,27,31);2*(H,3,4)(H,5,6)/t23-;;/m0../s1. The Kier molecular flexibility index (Phi) is 14.1. The number of carboxylic acid groups (broad SMARTS) is 4. The summed E-state index contributed by atoms with van der Waals surface area (Å²) in [6.45, 7) is 5.50. The number of aliphatic hydroxyl groups excluding tert-OH is 1. The van der Waals surface area contributed by atoms with Crippen LogP contribution in [0.4, 0.5) is 0 Å². The molecule has 1 saturated heterocycles. The highest BCUT2D eigenvalue weighted by atomic mass is 16.5. The van der Waals surface area contributed by atoms with Gasteiger partial charge in [0.2, 0.25) is 0 Å². The number of methoxy groups -OCH3 is 1. The first-order valence-corrected chi connectivity index (χ1v) is 13.1. The molecule has 3 aromatic rings. The lowest BCUT2D eigenvalue weighted by molar-refractivity contribution is -0.159. The van der Waals surface area contributed by atoms with Gasteiger partial charge in [-0.2, -0.15) is 0 Å². The molecule has 6 N–H and O–H groups in total. The molecular formula is C28H33N5O11. The van der Waals surface area contributed by atoms with E-state index in [-0.39, 0.29) is 5.91 Å². The summed E-state index contributed by atoms with van der Waals surface area (Å²) in [4.78, 5) is 61.6. The van der Waals surface area contributed by atoms with Crippen LogP contribution in [0.5, 0.6) is 5.75 Å². The molecule has 1 aliphatic rings. The summed E-state index contributed by atoms with van der Waals surface area (Å²) >= 11 is 0. The number of rotatable bonds is 8. The molecule has 0 radical (unpaired) electrons. The number of nitrogens with zero attached hydrogens (tertiary/aromatic N) is 4. The second-order valence-electron chi connectivity index (χ2n) is 9.13. The minimum Gasteiger partial charge on any atom is -0.497 e. The van der Waals surface area contributed by atoms with Gasteiger partial charge in [0.15, 0.2) is 0 Å². The predicted octanol–water partition coefficient (Wildman–Crippen LogP) is 0.0306. The number of pyridine rings is 2. The zero-order chi connectivity index (χ0) is 32.6.